The van der Waals surface area contributed by atoms with Crippen LogP contribution in [0.25, 0.3) is 0 Å². The van der Waals surface area contributed by atoms with Crippen molar-refractivity contribution in [1.82, 2.24) is 0 Å². The van der Waals surface area contributed by atoms with Crippen molar-refractivity contribution >= 4 is 5.97 Å². The van der Waals surface area contributed by atoms with E-state index in [9.17, 15) is 4.79 Å². The summed E-state index contributed by atoms with van der Waals surface area (Å²) in [5.41, 5.74) is 0. The van der Waals surface area contributed by atoms with Crippen molar-refractivity contribution < 1.29 is 9.90 Å². The highest BCUT2D eigenvalue weighted by Crippen LogP contribution is 1.54. The van der Waals surface area contributed by atoms with Crippen molar-refractivity contribution in [1.29, 1.82) is 0 Å². The smallest absolute Gasteiger partial charge is 0.327 e. The molecular weight excluding hydrogens is 140 g/mol. The second-order valence-corrected chi connectivity index (χ2v) is 1.36. The maximum Gasteiger partial charge on any atom is 0.327 e. The quantitative estimate of drug-likeness (QED) is 0.468. The minimum atomic E-state index is -0.981. The van der Waals surface area contributed by atoms with Crippen LogP contribution in [0.5, 0.6) is 0 Å². The summed E-state index contributed by atoms with van der Waals surface area (Å²) in [4.78, 5) is 9.25. The van der Waals surface area contributed by atoms with Crippen LogP contribution in [0.15, 0.2) is 38.0 Å². The molecule has 0 aromatic heterocycles. The molecule has 0 unspecified atom stereocenters. The highest BCUT2D eigenvalue weighted by Gasteiger charge is 1.73. The first kappa shape index (κ1) is 16.3. The lowest BCUT2D eigenvalue weighted by Crippen LogP contribution is -1.82. The van der Waals surface area contributed by atoms with Crippen LogP contribution in [0, 0.1) is 0 Å². The van der Waals surface area contributed by atoms with Gasteiger partial charge in [-0.25, -0.2) is 4.79 Å². The summed E-state index contributed by atoms with van der Waals surface area (Å²) in [6.07, 6.45) is 4.33. The predicted molar refractivity (Wildman–Crippen MR) is 49.6 cm³/mol. The van der Waals surface area contributed by atoms with Crippen LogP contribution in [0.1, 0.15) is 13.8 Å². The van der Waals surface area contributed by atoms with Crippen LogP contribution in [0.2, 0.25) is 0 Å². The Morgan fingerprint density at radius 3 is 1.27 bits per heavy atom. The molecule has 0 saturated heterocycles. The molecule has 0 rings (SSSR count). The van der Waals surface area contributed by atoms with Crippen LogP contribution < -0.4 is 0 Å². The molecule has 0 aromatic carbocycles. The van der Waals surface area contributed by atoms with E-state index >= 15 is 0 Å². The minimum absolute atomic E-state index is 0.833. The van der Waals surface area contributed by atoms with Crippen LogP contribution in [-0.4, -0.2) is 11.1 Å². The fourth-order valence-electron chi connectivity index (χ4n) is 0. The van der Waals surface area contributed by atoms with E-state index in [1.165, 1.54) is 0 Å². The Morgan fingerprint density at radius 2 is 1.27 bits per heavy atom. The van der Waals surface area contributed by atoms with Crippen molar-refractivity contribution in [3.8, 4) is 0 Å². The number of carboxylic acids is 1. The summed E-state index contributed by atoms with van der Waals surface area (Å²) >= 11 is 0. The Bertz CT molecular complexity index is 109. The first-order valence-corrected chi connectivity index (χ1v) is 3.10. The number of allylic oxidation sites excluding steroid dienone is 2. The molecule has 1 N–H and O–H groups in total. The Balaban J connectivity index is -0.0000000933. The van der Waals surface area contributed by atoms with Gasteiger partial charge in [0.1, 0.15) is 0 Å². The normalized spacial score (nSPS) is 5.27. The maximum absolute atomic E-state index is 9.25. The van der Waals surface area contributed by atoms with Crippen LogP contribution in [0.4, 0.5) is 0 Å². The Hall–Kier alpha value is -1.31. The molecule has 0 heterocycles. The van der Waals surface area contributed by atoms with Gasteiger partial charge in [0.15, 0.2) is 0 Å². The summed E-state index contributed by atoms with van der Waals surface area (Å²) in [6, 6.07) is 0. The minimum Gasteiger partial charge on any atom is -0.478 e. The number of aliphatic carboxylic acids is 1. The lowest BCUT2D eigenvalue weighted by Gasteiger charge is -1.64. The molecule has 0 spiro atoms. The Morgan fingerprint density at radius 1 is 1.18 bits per heavy atom. The molecule has 64 valence electrons. The van der Waals surface area contributed by atoms with Gasteiger partial charge in [-0.3, -0.25) is 0 Å². The van der Waals surface area contributed by atoms with E-state index in [1.54, 1.807) is 12.2 Å². The molecule has 2 nitrogen and oxygen atoms in total. The molecule has 0 fully saturated rings. The van der Waals surface area contributed by atoms with Gasteiger partial charge in [0.2, 0.25) is 0 Å². The largest absolute Gasteiger partial charge is 0.478 e. The van der Waals surface area contributed by atoms with Gasteiger partial charge in [-0.15, -0.1) is 13.2 Å². The number of hydrogen-bond acceptors (Lipinski definition) is 1. The molecular formula is C9H16O2. The second kappa shape index (κ2) is 23.4. The number of hydrogen-bond donors (Lipinski definition) is 1. The van der Waals surface area contributed by atoms with Gasteiger partial charge in [0, 0.05) is 6.08 Å². The van der Waals surface area contributed by atoms with Crippen molar-refractivity contribution in [2.45, 2.75) is 13.8 Å². The Labute approximate surface area is 68.6 Å². The van der Waals surface area contributed by atoms with Gasteiger partial charge < -0.3 is 5.11 Å². The molecule has 0 bridgehead atoms. The first-order chi connectivity index (χ1) is 5.10. The molecule has 0 radical (unpaired) electrons. The summed E-state index contributed by atoms with van der Waals surface area (Å²) in [6.45, 7) is 13.5. The van der Waals surface area contributed by atoms with E-state index < -0.39 is 5.97 Å². The molecule has 0 amide bonds. The van der Waals surface area contributed by atoms with E-state index in [4.69, 9.17) is 5.11 Å². The summed E-state index contributed by atoms with van der Waals surface area (Å²) in [7, 11) is 0. The average Bonchev–Trinajstić information content (AvgIpc) is 1.91. The van der Waals surface area contributed by atoms with E-state index in [0.29, 0.717) is 0 Å². The lowest BCUT2D eigenvalue weighted by atomic mass is 10.7. The molecule has 0 atom stereocenters. The van der Waals surface area contributed by atoms with E-state index in [1.807, 2.05) is 13.8 Å². The average molecular weight is 156 g/mol. The van der Waals surface area contributed by atoms with Gasteiger partial charge in [0.05, 0.1) is 0 Å². The van der Waals surface area contributed by atoms with Gasteiger partial charge in [-0.05, 0) is 13.8 Å². The topological polar surface area (TPSA) is 37.3 Å². The SMILES string of the molecule is C=CC.C=CC.C=CC(=O)O. The third kappa shape index (κ3) is 817. The zero-order valence-electron chi connectivity index (χ0n) is 7.21. The third-order valence-corrected chi connectivity index (χ3v) is 0.175. The summed E-state index contributed by atoms with van der Waals surface area (Å²) < 4.78 is 0. The van der Waals surface area contributed by atoms with Crippen LogP contribution in [0.3, 0.4) is 0 Å². The molecule has 0 aromatic rings. The molecule has 11 heavy (non-hydrogen) atoms. The van der Waals surface area contributed by atoms with Crippen molar-refractivity contribution in [3.05, 3.63) is 38.0 Å². The molecule has 0 aliphatic rings. The standard InChI is InChI=1S/C3H4O2.2C3H6/c1-2-3(4)5;2*1-3-2/h2H,1H2,(H,4,5);2*3H,1H2,2H3. The monoisotopic (exact) mass is 156 g/mol. The zero-order chi connectivity index (χ0) is 9.70. The highest BCUT2D eigenvalue weighted by molar-refractivity contribution is 5.78. The summed E-state index contributed by atoms with van der Waals surface area (Å²) in [5.74, 6) is -0.981. The van der Waals surface area contributed by atoms with E-state index in [2.05, 4.69) is 19.7 Å². The van der Waals surface area contributed by atoms with Crippen molar-refractivity contribution in [3.63, 3.8) is 0 Å². The fourth-order valence-corrected chi connectivity index (χ4v) is 0. The molecule has 0 saturated carbocycles. The summed E-state index contributed by atoms with van der Waals surface area (Å²) in [5, 5.41) is 7.60. The van der Waals surface area contributed by atoms with E-state index in [-0.39, 0.29) is 0 Å². The van der Waals surface area contributed by atoms with Crippen LogP contribution >= 0.6 is 0 Å². The third-order valence-electron chi connectivity index (χ3n) is 0.175. The van der Waals surface area contributed by atoms with Crippen molar-refractivity contribution in [2.24, 2.45) is 0 Å². The van der Waals surface area contributed by atoms with Crippen molar-refractivity contribution in [2.75, 3.05) is 0 Å². The molecule has 0 aliphatic carbocycles. The zero-order valence-corrected chi connectivity index (χ0v) is 7.21. The maximum atomic E-state index is 9.25. The number of carbonyl (C=O) groups is 1. The van der Waals surface area contributed by atoms with Crippen LogP contribution in [-0.2, 0) is 4.79 Å². The second-order valence-electron chi connectivity index (χ2n) is 1.36. The predicted octanol–water partition coefficient (Wildman–Crippen LogP) is 2.64. The highest BCUT2D eigenvalue weighted by atomic mass is 16.4. The fraction of sp³-hybridized carbons (Fsp3) is 0.222. The van der Waals surface area contributed by atoms with Gasteiger partial charge in [-0.2, -0.15) is 0 Å². The van der Waals surface area contributed by atoms with E-state index in [0.717, 1.165) is 6.08 Å². The van der Waals surface area contributed by atoms with Gasteiger partial charge >= 0.3 is 5.97 Å². The number of rotatable bonds is 1. The lowest BCUT2D eigenvalue weighted by molar-refractivity contribution is -0.131. The first-order valence-electron chi connectivity index (χ1n) is 3.10. The van der Waals surface area contributed by atoms with Gasteiger partial charge in [0.25, 0.3) is 0 Å². The molecule has 2 heteroatoms. The van der Waals surface area contributed by atoms with Gasteiger partial charge in [-0.1, -0.05) is 18.7 Å². The number of carboxylic acid groups (broad SMARTS) is 1. The molecule has 0 aliphatic heterocycles. The Kier molecular flexibility index (Phi) is 34.7.